The molecule has 0 fully saturated rings. The minimum atomic E-state index is 0.873. The minimum absolute atomic E-state index is 0.873. The molecule has 0 rings (SSSR count). The molecule has 0 spiro atoms. The smallest absolute Gasteiger partial charge is 0.0474 e. The Balaban J connectivity index is 3.28. The number of hydrogen-bond acceptors (Lipinski definition) is 3. The van der Waals surface area contributed by atoms with E-state index in [2.05, 4.69) is 24.1 Å². The number of nitrogens with one attached hydrogen (secondary N) is 1. The molecule has 0 atom stereocenters. The summed E-state index contributed by atoms with van der Waals surface area (Å²) in [5, 5.41) is 3.33. The first-order valence-corrected chi connectivity index (χ1v) is 5.27. The predicted molar refractivity (Wildman–Crippen MR) is 57.2 cm³/mol. The largest absolute Gasteiger partial charge is 0.385 e. The lowest BCUT2D eigenvalue weighted by atomic mass is 10.4. The van der Waals surface area contributed by atoms with Gasteiger partial charge in [-0.3, -0.25) is 0 Å². The maximum absolute atomic E-state index is 5.02. The van der Waals surface area contributed by atoms with Crippen LogP contribution in [0, 0.1) is 0 Å². The van der Waals surface area contributed by atoms with Crippen molar-refractivity contribution < 1.29 is 4.74 Å². The highest BCUT2D eigenvalue weighted by molar-refractivity contribution is 4.57. The van der Waals surface area contributed by atoms with Crippen LogP contribution in [0.5, 0.6) is 0 Å². The Kier molecular flexibility index (Phi) is 9.87. The van der Waals surface area contributed by atoms with Crippen molar-refractivity contribution in [1.82, 2.24) is 10.2 Å². The van der Waals surface area contributed by atoms with Crippen molar-refractivity contribution in [3.63, 3.8) is 0 Å². The zero-order valence-electron chi connectivity index (χ0n) is 9.31. The molecule has 1 N–H and O–H groups in total. The highest BCUT2D eigenvalue weighted by Crippen LogP contribution is 1.90. The second-order valence-corrected chi connectivity index (χ2v) is 3.13. The Morgan fingerprint density at radius 3 is 2.54 bits per heavy atom. The highest BCUT2D eigenvalue weighted by Gasteiger charge is 2.00. The van der Waals surface area contributed by atoms with E-state index < -0.39 is 0 Å². The van der Waals surface area contributed by atoms with Crippen molar-refractivity contribution in [2.75, 3.05) is 46.4 Å². The van der Waals surface area contributed by atoms with Crippen LogP contribution in [-0.2, 0) is 4.74 Å². The van der Waals surface area contributed by atoms with Gasteiger partial charge in [0.15, 0.2) is 0 Å². The molecule has 0 aliphatic carbocycles. The van der Waals surface area contributed by atoms with Gasteiger partial charge in [-0.2, -0.15) is 0 Å². The Labute approximate surface area is 82.4 Å². The molecular formula is C10H24N2O. The van der Waals surface area contributed by atoms with Crippen LogP contribution in [-0.4, -0.2) is 51.3 Å². The first-order chi connectivity index (χ1) is 6.35. The molecule has 0 heterocycles. The van der Waals surface area contributed by atoms with Gasteiger partial charge >= 0.3 is 0 Å². The summed E-state index contributed by atoms with van der Waals surface area (Å²) in [6.45, 7) is 10.8. The Hall–Kier alpha value is -0.120. The van der Waals surface area contributed by atoms with E-state index in [1.54, 1.807) is 7.11 Å². The Bertz CT molecular complexity index is 88.9. The van der Waals surface area contributed by atoms with E-state index in [-0.39, 0.29) is 0 Å². The number of likely N-dealkylation sites (N-methyl/N-ethyl adjacent to an activating group) is 2. The van der Waals surface area contributed by atoms with Crippen molar-refractivity contribution in [1.29, 1.82) is 0 Å². The molecule has 0 aliphatic rings. The van der Waals surface area contributed by atoms with Crippen LogP contribution in [0.15, 0.2) is 0 Å². The Morgan fingerprint density at radius 1 is 1.23 bits per heavy atom. The van der Waals surface area contributed by atoms with E-state index in [4.69, 9.17) is 4.74 Å². The molecule has 3 heteroatoms. The number of methoxy groups -OCH3 is 1. The molecule has 0 radical (unpaired) electrons. The molecule has 0 unspecified atom stereocenters. The Morgan fingerprint density at radius 2 is 2.00 bits per heavy atom. The summed E-state index contributed by atoms with van der Waals surface area (Å²) in [6.07, 6.45) is 1.14. The fraction of sp³-hybridized carbons (Fsp3) is 1.00. The second kappa shape index (κ2) is 9.96. The molecule has 0 aromatic carbocycles. The van der Waals surface area contributed by atoms with E-state index in [9.17, 15) is 0 Å². The first-order valence-electron chi connectivity index (χ1n) is 5.27. The average Bonchev–Trinajstić information content (AvgIpc) is 2.16. The van der Waals surface area contributed by atoms with Crippen LogP contribution in [0.4, 0.5) is 0 Å². The van der Waals surface area contributed by atoms with Gasteiger partial charge in [-0.05, 0) is 19.5 Å². The quantitative estimate of drug-likeness (QED) is 0.545. The normalized spacial score (nSPS) is 11.1. The van der Waals surface area contributed by atoms with Gasteiger partial charge in [-0.15, -0.1) is 0 Å². The standard InChI is InChI=1S/C10H24N2O/c1-4-11-7-9-12(5-2)8-6-10-13-3/h11H,4-10H2,1-3H3. The van der Waals surface area contributed by atoms with Crippen LogP contribution >= 0.6 is 0 Å². The third kappa shape index (κ3) is 8.22. The van der Waals surface area contributed by atoms with Crippen molar-refractivity contribution in [3.05, 3.63) is 0 Å². The van der Waals surface area contributed by atoms with Gasteiger partial charge in [0.1, 0.15) is 0 Å². The van der Waals surface area contributed by atoms with Gasteiger partial charge in [0.25, 0.3) is 0 Å². The molecule has 0 saturated carbocycles. The van der Waals surface area contributed by atoms with Gasteiger partial charge in [-0.1, -0.05) is 13.8 Å². The molecule has 0 aromatic heterocycles. The maximum Gasteiger partial charge on any atom is 0.0474 e. The monoisotopic (exact) mass is 188 g/mol. The number of hydrogen-bond donors (Lipinski definition) is 1. The van der Waals surface area contributed by atoms with Gasteiger partial charge in [-0.25, -0.2) is 0 Å². The number of ether oxygens (including phenoxy) is 1. The van der Waals surface area contributed by atoms with Crippen LogP contribution in [0.1, 0.15) is 20.3 Å². The van der Waals surface area contributed by atoms with Gasteiger partial charge in [0, 0.05) is 33.4 Å². The maximum atomic E-state index is 5.02. The molecule has 0 amide bonds. The van der Waals surface area contributed by atoms with Crippen LogP contribution in [0.3, 0.4) is 0 Å². The summed E-state index contributed by atoms with van der Waals surface area (Å²) in [5.41, 5.74) is 0. The molecule has 0 saturated heterocycles. The number of rotatable bonds is 9. The lowest BCUT2D eigenvalue weighted by Crippen LogP contribution is -2.33. The van der Waals surface area contributed by atoms with Crippen LogP contribution in [0.25, 0.3) is 0 Å². The first kappa shape index (κ1) is 12.9. The summed E-state index contributed by atoms with van der Waals surface area (Å²) >= 11 is 0. The van der Waals surface area contributed by atoms with Crippen molar-refractivity contribution in [3.8, 4) is 0 Å². The zero-order valence-corrected chi connectivity index (χ0v) is 9.31. The molecular weight excluding hydrogens is 164 g/mol. The van der Waals surface area contributed by atoms with Crippen molar-refractivity contribution in [2.45, 2.75) is 20.3 Å². The van der Waals surface area contributed by atoms with Gasteiger partial charge < -0.3 is 15.0 Å². The van der Waals surface area contributed by atoms with Crippen LogP contribution in [0.2, 0.25) is 0 Å². The minimum Gasteiger partial charge on any atom is -0.385 e. The van der Waals surface area contributed by atoms with E-state index in [1.165, 1.54) is 0 Å². The summed E-state index contributed by atoms with van der Waals surface area (Å²) in [4.78, 5) is 2.45. The molecule has 80 valence electrons. The molecule has 0 aromatic rings. The highest BCUT2D eigenvalue weighted by atomic mass is 16.5. The summed E-state index contributed by atoms with van der Waals surface area (Å²) in [7, 11) is 1.76. The average molecular weight is 188 g/mol. The van der Waals surface area contributed by atoms with Crippen molar-refractivity contribution >= 4 is 0 Å². The third-order valence-corrected chi connectivity index (χ3v) is 2.12. The third-order valence-electron chi connectivity index (χ3n) is 2.12. The summed E-state index contributed by atoms with van der Waals surface area (Å²) in [6, 6.07) is 0. The van der Waals surface area contributed by atoms with Gasteiger partial charge in [0.2, 0.25) is 0 Å². The van der Waals surface area contributed by atoms with E-state index in [1.807, 2.05) is 0 Å². The molecule has 0 aliphatic heterocycles. The lowest BCUT2D eigenvalue weighted by molar-refractivity contribution is 0.174. The predicted octanol–water partition coefficient (Wildman–Crippen LogP) is 0.954. The summed E-state index contributed by atoms with van der Waals surface area (Å²) < 4.78 is 5.02. The summed E-state index contributed by atoms with van der Waals surface area (Å²) in [5.74, 6) is 0. The van der Waals surface area contributed by atoms with Gasteiger partial charge in [0.05, 0.1) is 0 Å². The molecule has 0 bridgehead atoms. The zero-order chi connectivity index (χ0) is 9.94. The molecule has 3 nitrogen and oxygen atoms in total. The fourth-order valence-corrected chi connectivity index (χ4v) is 1.27. The topological polar surface area (TPSA) is 24.5 Å². The van der Waals surface area contributed by atoms with Crippen molar-refractivity contribution in [2.24, 2.45) is 0 Å². The second-order valence-electron chi connectivity index (χ2n) is 3.13. The molecule has 13 heavy (non-hydrogen) atoms. The fourth-order valence-electron chi connectivity index (χ4n) is 1.27. The number of nitrogens with zero attached hydrogens (tertiary/aromatic N) is 1. The SMILES string of the molecule is CCNCCN(CC)CCCOC. The van der Waals surface area contributed by atoms with Crippen LogP contribution < -0.4 is 5.32 Å². The van der Waals surface area contributed by atoms with E-state index in [0.29, 0.717) is 0 Å². The lowest BCUT2D eigenvalue weighted by Gasteiger charge is -2.19. The van der Waals surface area contributed by atoms with E-state index in [0.717, 1.165) is 45.8 Å². The van der Waals surface area contributed by atoms with E-state index >= 15 is 0 Å².